The van der Waals surface area contributed by atoms with Gasteiger partial charge in [0.15, 0.2) is 0 Å². The van der Waals surface area contributed by atoms with E-state index in [9.17, 15) is 9.18 Å². The van der Waals surface area contributed by atoms with Crippen molar-refractivity contribution in [3.05, 3.63) is 11.8 Å². The maximum absolute atomic E-state index is 14.9. The molecule has 28 heavy (non-hydrogen) atoms. The number of hydrogen-bond acceptors (Lipinski definition) is 5. The maximum Gasteiger partial charge on any atom is 0.524 e. The minimum absolute atomic E-state index is 0.252. The highest BCUT2D eigenvalue weighted by molar-refractivity contribution is 6.53. The van der Waals surface area contributed by atoms with Crippen LogP contribution in [0.25, 0.3) is 0 Å². The summed E-state index contributed by atoms with van der Waals surface area (Å²) in [6.07, 6.45) is 3.23. The van der Waals surface area contributed by atoms with Gasteiger partial charge in [-0.2, -0.15) is 0 Å². The molecule has 2 aliphatic heterocycles. The van der Waals surface area contributed by atoms with Gasteiger partial charge in [0, 0.05) is 0 Å². The van der Waals surface area contributed by atoms with Gasteiger partial charge in [-0.15, -0.1) is 0 Å². The summed E-state index contributed by atoms with van der Waals surface area (Å²) in [6, 6.07) is 0. The van der Waals surface area contributed by atoms with E-state index in [-0.39, 0.29) is 18.2 Å². The second kappa shape index (κ2) is 6.99. The van der Waals surface area contributed by atoms with Crippen LogP contribution in [0.5, 0.6) is 0 Å². The fourth-order valence-electron chi connectivity index (χ4n) is 3.66. The number of halogens is 1. The summed E-state index contributed by atoms with van der Waals surface area (Å²) in [4.78, 5) is 14.5. The summed E-state index contributed by atoms with van der Waals surface area (Å²) in [6.45, 7) is 13.7. The number of rotatable bonds is 2. The molecule has 0 aromatic heterocycles. The fourth-order valence-corrected chi connectivity index (χ4v) is 3.66. The molecule has 3 aliphatic rings. The number of amides is 1. The van der Waals surface area contributed by atoms with Gasteiger partial charge in [0.1, 0.15) is 11.3 Å². The third-order valence-corrected chi connectivity index (χ3v) is 6.22. The highest BCUT2D eigenvalue weighted by atomic mass is 19.1. The van der Waals surface area contributed by atoms with Gasteiger partial charge < -0.3 is 18.8 Å². The van der Waals surface area contributed by atoms with E-state index >= 15 is 0 Å². The summed E-state index contributed by atoms with van der Waals surface area (Å²) in [5, 5.41) is 0. The molecule has 0 aromatic carbocycles. The number of ether oxygens (including phenoxy) is 2. The van der Waals surface area contributed by atoms with E-state index in [2.05, 4.69) is 0 Å². The Kier molecular flexibility index (Phi) is 5.39. The first kappa shape index (κ1) is 21.6. The Morgan fingerprint density at radius 3 is 2.21 bits per heavy atom. The van der Waals surface area contributed by atoms with E-state index in [0.29, 0.717) is 6.61 Å². The second-order valence-corrected chi connectivity index (χ2v) is 10.2. The van der Waals surface area contributed by atoms with Crippen LogP contribution in [-0.2, 0) is 18.8 Å². The molecule has 0 radical (unpaired) electrons. The summed E-state index contributed by atoms with van der Waals surface area (Å²) in [7, 11) is -1.07. The smallest absolute Gasteiger partial charge is 0.444 e. The van der Waals surface area contributed by atoms with Crippen molar-refractivity contribution in [2.24, 2.45) is 0 Å². The SMILES string of the molecule is CC(C)(C)OC(=O)N1CC(C=C(F)B2OC(C)(C)C(C)(C)O2)OCC12CCC2. The summed E-state index contributed by atoms with van der Waals surface area (Å²) < 4.78 is 37.9. The van der Waals surface area contributed by atoms with Crippen molar-refractivity contribution in [2.75, 3.05) is 13.2 Å². The Morgan fingerprint density at radius 2 is 1.75 bits per heavy atom. The van der Waals surface area contributed by atoms with Crippen molar-refractivity contribution in [1.82, 2.24) is 4.90 Å². The van der Waals surface area contributed by atoms with Gasteiger partial charge in [0.05, 0.1) is 36.0 Å². The lowest BCUT2D eigenvalue weighted by molar-refractivity contribution is -0.125. The van der Waals surface area contributed by atoms with Crippen LogP contribution in [0.1, 0.15) is 67.7 Å². The number of hydrogen-bond donors (Lipinski definition) is 0. The Morgan fingerprint density at radius 1 is 1.18 bits per heavy atom. The first-order valence-electron chi connectivity index (χ1n) is 10.1. The average Bonchev–Trinajstić information content (AvgIpc) is 2.72. The van der Waals surface area contributed by atoms with E-state index < -0.39 is 35.8 Å². The van der Waals surface area contributed by atoms with Gasteiger partial charge in [-0.05, 0) is 73.8 Å². The van der Waals surface area contributed by atoms with Gasteiger partial charge in [-0.25, -0.2) is 9.18 Å². The van der Waals surface area contributed by atoms with Crippen molar-refractivity contribution >= 4 is 13.2 Å². The minimum Gasteiger partial charge on any atom is -0.444 e. The quantitative estimate of drug-likeness (QED) is 0.659. The lowest BCUT2D eigenvalue weighted by Crippen LogP contribution is -2.65. The number of nitrogens with zero attached hydrogens (tertiary/aromatic N) is 1. The Labute approximate surface area is 167 Å². The molecule has 8 heteroatoms. The van der Waals surface area contributed by atoms with E-state index in [1.807, 2.05) is 48.5 Å². The molecule has 3 rings (SSSR count). The van der Waals surface area contributed by atoms with E-state index in [4.69, 9.17) is 18.8 Å². The van der Waals surface area contributed by atoms with Crippen LogP contribution < -0.4 is 0 Å². The second-order valence-electron chi connectivity index (χ2n) is 10.2. The molecule has 2 saturated heterocycles. The molecule has 6 nitrogen and oxygen atoms in total. The fraction of sp³-hybridized carbons (Fsp3) is 0.850. The van der Waals surface area contributed by atoms with Crippen LogP contribution in [0.2, 0.25) is 0 Å². The van der Waals surface area contributed by atoms with Crippen molar-refractivity contribution in [1.29, 1.82) is 0 Å². The molecule has 158 valence electrons. The van der Waals surface area contributed by atoms with Gasteiger partial charge >= 0.3 is 13.2 Å². The molecular weight excluding hydrogens is 364 g/mol. The standard InChI is InChI=1S/C20H33BFNO5/c1-17(2,3)26-16(24)23-12-14(25-13-20(23)9-8-10-20)11-15(22)21-27-18(4,5)19(6,7)28-21/h11,14H,8-10,12-13H2,1-7H3. The van der Waals surface area contributed by atoms with Crippen LogP contribution in [0.4, 0.5) is 9.18 Å². The molecule has 1 atom stereocenters. The lowest BCUT2D eigenvalue weighted by atomic mass is 9.75. The van der Waals surface area contributed by atoms with E-state index in [1.54, 1.807) is 4.90 Å². The first-order chi connectivity index (χ1) is 12.7. The predicted molar refractivity (Wildman–Crippen MR) is 105 cm³/mol. The molecule has 1 aliphatic carbocycles. The topological polar surface area (TPSA) is 57.2 Å². The zero-order chi connectivity index (χ0) is 21.0. The highest BCUT2D eigenvalue weighted by Crippen LogP contribution is 2.42. The van der Waals surface area contributed by atoms with Crippen molar-refractivity contribution in [2.45, 2.75) is 96.2 Å². The van der Waals surface area contributed by atoms with Crippen molar-refractivity contribution in [3.8, 4) is 0 Å². The Hall–Kier alpha value is -1.12. The largest absolute Gasteiger partial charge is 0.524 e. The van der Waals surface area contributed by atoms with Gasteiger partial charge in [0.2, 0.25) is 0 Å². The van der Waals surface area contributed by atoms with Crippen molar-refractivity contribution < 1.29 is 28.0 Å². The van der Waals surface area contributed by atoms with Crippen LogP contribution in [0.3, 0.4) is 0 Å². The monoisotopic (exact) mass is 397 g/mol. The lowest BCUT2D eigenvalue weighted by Gasteiger charge is -2.53. The van der Waals surface area contributed by atoms with E-state index in [0.717, 1.165) is 19.3 Å². The van der Waals surface area contributed by atoms with Gasteiger partial charge in [-0.1, -0.05) is 0 Å². The molecule has 0 aromatic rings. The average molecular weight is 397 g/mol. The molecule has 1 unspecified atom stereocenters. The Balaban J connectivity index is 1.72. The van der Waals surface area contributed by atoms with Crippen LogP contribution in [0, 0.1) is 0 Å². The van der Waals surface area contributed by atoms with Crippen molar-refractivity contribution in [3.63, 3.8) is 0 Å². The zero-order valence-electron chi connectivity index (χ0n) is 18.1. The van der Waals surface area contributed by atoms with E-state index in [1.165, 1.54) is 6.08 Å². The third kappa shape index (κ3) is 4.09. The Bertz CT molecular complexity index is 637. The van der Waals surface area contributed by atoms with Crippen LogP contribution >= 0.6 is 0 Å². The molecule has 1 saturated carbocycles. The van der Waals surface area contributed by atoms with Crippen LogP contribution in [0.15, 0.2) is 11.8 Å². The predicted octanol–water partition coefficient (Wildman–Crippen LogP) is 4.03. The summed E-state index contributed by atoms with van der Waals surface area (Å²) in [5.41, 5.74) is -2.67. The molecular formula is C20H33BFNO5. The van der Waals surface area contributed by atoms with Crippen LogP contribution in [-0.4, -0.2) is 59.7 Å². The third-order valence-electron chi connectivity index (χ3n) is 6.22. The number of carbonyl (C=O) groups excluding carboxylic acids is 1. The van der Waals surface area contributed by atoms with Gasteiger partial charge in [-0.3, -0.25) is 4.90 Å². The normalized spacial score (nSPS) is 29.0. The molecule has 0 bridgehead atoms. The van der Waals surface area contributed by atoms with Gasteiger partial charge in [0.25, 0.3) is 0 Å². The minimum atomic E-state index is -1.07. The molecule has 1 spiro atoms. The number of carbonyl (C=O) groups is 1. The number of morpholine rings is 1. The summed E-state index contributed by atoms with van der Waals surface area (Å²) >= 11 is 0. The molecule has 0 N–H and O–H groups in total. The summed E-state index contributed by atoms with van der Waals surface area (Å²) in [5.74, 6) is 0. The first-order valence-corrected chi connectivity index (χ1v) is 10.1. The molecule has 1 amide bonds. The molecule has 3 fully saturated rings. The zero-order valence-corrected chi connectivity index (χ0v) is 18.1. The maximum atomic E-state index is 14.9. The highest BCUT2D eigenvalue weighted by Gasteiger charge is 2.54. The molecule has 2 heterocycles.